The number of hydrogen-bond acceptors (Lipinski definition) is 4. The first-order valence-corrected chi connectivity index (χ1v) is 7.54. The summed E-state index contributed by atoms with van der Waals surface area (Å²) in [6.45, 7) is 1.12. The van der Waals surface area contributed by atoms with Gasteiger partial charge < -0.3 is 10.1 Å². The van der Waals surface area contributed by atoms with E-state index in [9.17, 15) is 0 Å². The van der Waals surface area contributed by atoms with Gasteiger partial charge in [-0.15, -0.1) is 11.3 Å². The molecule has 1 aromatic heterocycles. The molecule has 1 aliphatic heterocycles. The summed E-state index contributed by atoms with van der Waals surface area (Å²) in [4.78, 5) is 4.76. The summed E-state index contributed by atoms with van der Waals surface area (Å²) in [6.07, 6.45) is 3.31. The lowest BCUT2D eigenvalue weighted by Gasteiger charge is -2.07. The van der Waals surface area contributed by atoms with E-state index >= 15 is 0 Å². The molecular weight excluding hydrogens is 256 g/mol. The standard InChI is InChI=1S/C15H18N2OS/c1-18-14-7-3-2-5-11(14)9-15-17-13(10-19-15)12-6-4-8-16-12/h2-3,5,7,10,12,16H,4,6,8-9H2,1H3. The third-order valence-electron chi connectivity index (χ3n) is 3.52. The van der Waals surface area contributed by atoms with Gasteiger partial charge >= 0.3 is 0 Å². The predicted molar refractivity (Wildman–Crippen MR) is 77.9 cm³/mol. The molecule has 0 saturated carbocycles. The van der Waals surface area contributed by atoms with E-state index in [2.05, 4.69) is 16.8 Å². The van der Waals surface area contributed by atoms with Crippen molar-refractivity contribution in [2.75, 3.05) is 13.7 Å². The molecule has 0 spiro atoms. The van der Waals surface area contributed by atoms with Crippen LogP contribution in [0.1, 0.15) is 35.1 Å². The Morgan fingerprint density at radius 1 is 1.42 bits per heavy atom. The van der Waals surface area contributed by atoms with Gasteiger partial charge in [0.05, 0.1) is 23.9 Å². The normalized spacial score (nSPS) is 18.7. The molecule has 3 nitrogen and oxygen atoms in total. The molecule has 4 heteroatoms. The first-order chi connectivity index (χ1) is 9.36. The van der Waals surface area contributed by atoms with Crippen molar-refractivity contribution < 1.29 is 4.74 Å². The topological polar surface area (TPSA) is 34.1 Å². The van der Waals surface area contributed by atoms with E-state index < -0.39 is 0 Å². The van der Waals surface area contributed by atoms with E-state index in [4.69, 9.17) is 9.72 Å². The first-order valence-electron chi connectivity index (χ1n) is 6.66. The van der Waals surface area contributed by atoms with Gasteiger partial charge in [-0.2, -0.15) is 0 Å². The van der Waals surface area contributed by atoms with Gasteiger partial charge in [-0.1, -0.05) is 18.2 Å². The fourth-order valence-corrected chi connectivity index (χ4v) is 3.39. The molecule has 0 bridgehead atoms. The molecule has 0 amide bonds. The number of nitrogens with one attached hydrogen (secondary N) is 1. The van der Waals surface area contributed by atoms with Crippen molar-refractivity contribution in [2.45, 2.75) is 25.3 Å². The van der Waals surface area contributed by atoms with Crippen LogP contribution < -0.4 is 10.1 Å². The van der Waals surface area contributed by atoms with E-state index in [1.54, 1.807) is 18.4 Å². The second kappa shape index (κ2) is 5.72. The molecule has 1 N–H and O–H groups in total. The minimum absolute atomic E-state index is 0.461. The van der Waals surface area contributed by atoms with Gasteiger partial charge in [-0.25, -0.2) is 4.98 Å². The smallest absolute Gasteiger partial charge is 0.122 e. The van der Waals surface area contributed by atoms with Gasteiger partial charge in [-0.05, 0) is 25.5 Å². The molecule has 1 atom stereocenters. The van der Waals surface area contributed by atoms with Crippen LogP contribution in [0.2, 0.25) is 0 Å². The number of methoxy groups -OCH3 is 1. The molecule has 1 aliphatic rings. The highest BCUT2D eigenvalue weighted by Gasteiger charge is 2.19. The number of para-hydroxylation sites is 1. The van der Waals surface area contributed by atoms with Gasteiger partial charge in [0.25, 0.3) is 0 Å². The number of aromatic nitrogens is 1. The van der Waals surface area contributed by atoms with E-state index in [0.717, 1.165) is 23.7 Å². The highest BCUT2D eigenvalue weighted by Crippen LogP contribution is 2.27. The SMILES string of the molecule is COc1ccccc1Cc1nc(C2CCCN2)cs1. The van der Waals surface area contributed by atoms with Crippen molar-refractivity contribution in [1.82, 2.24) is 10.3 Å². The Labute approximate surface area is 117 Å². The van der Waals surface area contributed by atoms with E-state index in [-0.39, 0.29) is 0 Å². The molecular formula is C15H18N2OS. The van der Waals surface area contributed by atoms with Gasteiger partial charge in [-0.3, -0.25) is 0 Å². The van der Waals surface area contributed by atoms with Gasteiger partial charge in [0.1, 0.15) is 5.75 Å². The molecule has 2 heterocycles. The van der Waals surface area contributed by atoms with Gasteiger partial charge in [0, 0.05) is 17.4 Å². The Morgan fingerprint density at radius 3 is 3.11 bits per heavy atom. The fourth-order valence-electron chi connectivity index (χ4n) is 2.52. The van der Waals surface area contributed by atoms with Crippen LogP contribution in [0.15, 0.2) is 29.6 Å². The molecule has 1 unspecified atom stereocenters. The summed E-state index contributed by atoms with van der Waals surface area (Å²) in [6, 6.07) is 8.61. The summed E-state index contributed by atoms with van der Waals surface area (Å²) < 4.78 is 5.39. The molecule has 0 aliphatic carbocycles. The zero-order chi connectivity index (χ0) is 13.1. The van der Waals surface area contributed by atoms with E-state index in [1.807, 2.05) is 18.2 Å². The lowest BCUT2D eigenvalue weighted by Crippen LogP contribution is -2.13. The average molecular weight is 274 g/mol. The quantitative estimate of drug-likeness (QED) is 0.930. The Hall–Kier alpha value is -1.39. The molecule has 100 valence electrons. The molecule has 1 aromatic carbocycles. The van der Waals surface area contributed by atoms with Crippen LogP contribution in [0.5, 0.6) is 5.75 Å². The second-order valence-electron chi connectivity index (χ2n) is 4.80. The molecule has 1 fully saturated rings. The van der Waals surface area contributed by atoms with Crippen LogP contribution >= 0.6 is 11.3 Å². The van der Waals surface area contributed by atoms with E-state index in [1.165, 1.54) is 24.1 Å². The molecule has 1 saturated heterocycles. The summed E-state index contributed by atoms with van der Waals surface area (Å²) in [5, 5.41) is 6.84. The maximum atomic E-state index is 5.39. The highest BCUT2D eigenvalue weighted by molar-refractivity contribution is 7.09. The van der Waals surface area contributed by atoms with Crippen LogP contribution in [-0.2, 0) is 6.42 Å². The van der Waals surface area contributed by atoms with Crippen molar-refractivity contribution in [3.63, 3.8) is 0 Å². The van der Waals surface area contributed by atoms with Crippen molar-refractivity contribution in [3.8, 4) is 5.75 Å². The van der Waals surface area contributed by atoms with Crippen LogP contribution in [0.4, 0.5) is 0 Å². The Bertz CT molecular complexity index is 547. The minimum atomic E-state index is 0.461. The number of rotatable bonds is 4. The van der Waals surface area contributed by atoms with Gasteiger partial charge in [0.2, 0.25) is 0 Å². The summed E-state index contributed by atoms with van der Waals surface area (Å²) >= 11 is 1.74. The Kier molecular flexibility index (Phi) is 3.80. The molecule has 0 radical (unpaired) electrons. The maximum Gasteiger partial charge on any atom is 0.122 e. The minimum Gasteiger partial charge on any atom is -0.496 e. The van der Waals surface area contributed by atoms with Crippen LogP contribution in [0.3, 0.4) is 0 Å². The van der Waals surface area contributed by atoms with Crippen LogP contribution in [0, 0.1) is 0 Å². The third-order valence-corrected chi connectivity index (χ3v) is 4.39. The average Bonchev–Trinajstić information content (AvgIpc) is 3.09. The second-order valence-corrected chi connectivity index (χ2v) is 5.75. The first kappa shape index (κ1) is 12.6. The highest BCUT2D eigenvalue weighted by atomic mass is 32.1. The molecule has 3 rings (SSSR count). The third kappa shape index (κ3) is 2.80. The number of hydrogen-bond donors (Lipinski definition) is 1. The number of ether oxygens (including phenoxy) is 1. The van der Waals surface area contributed by atoms with Crippen LogP contribution in [-0.4, -0.2) is 18.6 Å². The zero-order valence-electron chi connectivity index (χ0n) is 11.1. The lowest BCUT2D eigenvalue weighted by molar-refractivity contribution is 0.410. The summed E-state index contributed by atoms with van der Waals surface area (Å²) in [5.74, 6) is 0.943. The van der Waals surface area contributed by atoms with E-state index in [0.29, 0.717) is 6.04 Å². The largest absolute Gasteiger partial charge is 0.496 e. The molecule has 2 aromatic rings. The van der Waals surface area contributed by atoms with Crippen molar-refractivity contribution >= 4 is 11.3 Å². The molecule has 19 heavy (non-hydrogen) atoms. The maximum absolute atomic E-state index is 5.39. The van der Waals surface area contributed by atoms with Crippen LogP contribution in [0.25, 0.3) is 0 Å². The van der Waals surface area contributed by atoms with Crippen molar-refractivity contribution in [3.05, 3.63) is 45.9 Å². The van der Waals surface area contributed by atoms with Crippen molar-refractivity contribution in [2.24, 2.45) is 0 Å². The summed E-state index contributed by atoms with van der Waals surface area (Å²) in [7, 11) is 1.72. The number of nitrogens with zero attached hydrogens (tertiary/aromatic N) is 1. The van der Waals surface area contributed by atoms with Gasteiger partial charge in [0.15, 0.2) is 0 Å². The summed E-state index contributed by atoms with van der Waals surface area (Å²) in [5.41, 5.74) is 2.40. The zero-order valence-corrected chi connectivity index (χ0v) is 11.9. The monoisotopic (exact) mass is 274 g/mol. The number of thiazole rings is 1. The lowest BCUT2D eigenvalue weighted by atomic mass is 10.1. The van der Waals surface area contributed by atoms with Crippen molar-refractivity contribution in [1.29, 1.82) is 0 Å². The Balaban J connectivity index is 1.76. The fraction of sp³-hybridized carbons (Fsp3) is 0.400. The Morgan fingerprint density at radius 2 is 2.32 bits per heavy atom. The number of benzene rings is 1. The predicted octanol–water partition coefficient (Wildman–Crippen LogP) is 3.17.